The van der Waals surface area contributed by atoms with Crippen molar-refractivity contribution in [3.63, 3.8) is 0 Å². The number of esters is 1. The van der Waals surface area contributed by atoms with E-state index in [2.05, 4.69) is 11.4 Å². The molecule has 0 radical (unpaired) electrons. The Labute approximate surface area is 152 Å². The molecule has 3 rings (SSSR count). The number of hydrogen-bond donors (Lipinski definition) is 1. The molecule has 7 heteroatoms. The van der Waals surface area contributed by atoms with E-state index in [-0.39, 0.29) is 6.61 Å². The lowest BCUT2D eigenvalue weighted by molar-refractivity contribution is -0.164. The number of nitrogens with zero attached hydrogens (tertiary/aromatic N) is 1. The average Bonchev–Trinajstić information content (AvgIpc) is 2.68. The second-order valence-electron chi connectivity index (χ2n) is 6.69. The smallest absolute Gasteiger partial charge is 0.351 e. The van der Waals surface area contributed by atoms with Crippen LogP contribution in [-0.4, -0.2) is 36.2 Å². The molecule has 1 fully saturated rings. The van der Waals surface area contributed by atoms with Crippen LogP contribution >= 0.6 is 0 Å². The highest BCUT2D eigenvalue weighted by Crippen LogP contribution is 2.31. The van der Waals surface area contributed by atoms with Gasteiger partial charge in [0.2, 0.25) is 6.10 Å². The number of benzene rings is 1. The average molecular weight is 358 g/mol. The fourth-order valence-electron chi connectivity index (χ4n) is 3.20. The van der Waals surface area contributed by atoms with Crippen LogP contribution in [0.4, 0.5) is 0 Å². The molecule has 0 bridgehead atoms. The summed E-state index contributed by atoms with van der Waals surface area (Å²) in [5, 5.41) is 12.2. The number of nitriles is 1. The third-order valence-electron chi connectivity index (χ3n) is 4.72. The number of ether oxygens (including phenoxy) is 3. The van der Waals surface area contributed by atoms with Crippen molar-refractivity contribution in [3.8, 4) is 17.6 Å². The number of fused-ring (bicyclic) bond motifs is 1. The summed E-state index contributed by atoms with van der Waals surface area (Å²) in [6.07, 6.45) is 2.14. The van der Waals surface area contributed by atoms with Crippen LogP contribution in [0.2, 0.25) is 0 Å². The highest BCUT2D eigenvalue weighted by molar-refractivity contribution is 5.85. The first-order valence-corrected chi connectivity index (χ1v) is 8.85. The summed E-state index contributed by atoms with van der Waals surface area (Å²) in [6, 6.07) is 9.25. The molecule has 1 heterocycles. The monoisotopic (exact) mass is 358 g/mol. The van der Waals surface area contributed by atoms with Crippen molar-refractivity contribution in [3.05, 3.63) is 24.3 Å². The topological polar surface area (TPSA) is 97.7 Å². The standard InChI is InChI=1S/C19H22N2O5/c1-13(17(22)21-19(12-20)9-5-2-6-10-19)25-18(23)16-11-24-14-7-3-4-8-15(14)26-16/h3-4,7-8,13,16H,2,5-6,9-11H2,1H3,(H,21,22)/t13-,16+/m1/s1. The van der Waals surface area contributed by atoms with E-state index in [1.165, 1.54) is 6.92 Å². The van der Waals surface area contributed by atoms with Gasteiger partial charge in [-0.3, -0.25) is 4.79 Å². The Bertz CT molecular complexity index is 721. The molecule has 0 aromatic heterocycles. The van der Waals surface area contributed by atoms with E-state index in [4.69, 9.17) is 14.2 Å². The predicted octanol–water partition coefficient (Wildman–Crippen LogP) is 2.10. The number of amides is 1. The maximum absolute atomic E-state index is 12.4. The molecule has 0 saturated heterocycles. The number of nitrogens with one attached hydrogen (secondary N) is 1. The molecule has 26 heavy (non-hydrogen) atoms. The quantitative estimate of drug-likeness (QED) is 0.828. The number of hydrogen-bond acceptors (Lipinski definition) is 6. The van der Waals surface area contributed by atoms with E-state index in [1.54, 1.807) is 18.2 Å². The van der Waals surface area contributed by atoms with Crippen molar-refractivity contribution < 1.29 is 23.8 Å². The number of carbonyl (C=O) groups excluding carboxylic acids is 2. The van der Waals surface area contributed by atoms with E-state index >= 15 is 0 Å². The van der Waals surface area contributed by atoms with Gasteiger partial charge in [-0.05, 0) is 31.9 Å². The van der Waals surface area contributed by atoms with Gasteiger partial charge in [0.25, 0.3) is 5.91 Å². The maximum atomic E-state index is 12.4. The molecule has 1 aliphatic heterocycles. The van der Waals surface area contributed by atoms with Gasteiger partial charge in [-0.15, -0.1) is 0 Å². The molecule has 1 N–H and O–H groups in total. The summed E-state index contributed by atoms with van der Waals surface area (Å²) >= 11 is 0. The number of rotatable bonds is 4. The van der Waals surface area contributed by atoms with Gasteiger partial charge < -0.3 is 19.5 Å². The molecular formula is C19H22N2O5. The third kappa shape index (κ3) is 3.90. The van der Waals surface area contributed by atoms with Crippen LogP contribution in [0.5, 0.6) is 11.5 Å². The lowest BCUT2D eigenvalue weighted by Crippen LogP contribution is -2.52. The molecule has 0 spiro atoms. The van der Waals surface area contributed by atoms with Gasteiger partial charge in [0.1, 0.15) is 12.1 Å². The molecule has 1 aliphatic carbocycles. The minimum Gasteiger partial charge on any atom is -0.485 e. The number of carbonyl (C=O) groups is 2. The zero-order valence-electron chi connectivity index (χ0n) is 14.7. The lowest BCUT2D eigenvalue weighted by atomic mass is 9.83. The largest absolute Gasteiger partial charge is 0.485 e. The first kappa shape index (κ1) is 18.1. The molecule has 2 atom stereocenters. The van der Waals surface area contributed by atoms with Crippen LogP contribution in [0.3, 0.4) is 0 Å². The highest BCUT2D eigenvalue weighted by atomic mass is 16.6. The normalized spacial score (nSPS) is 21.8. The summed E-state index contributed by atoms with van der Waals surface area (Å²) in [5.41, 5.74) is -0.862. The van der Waals surface area contributed by atoms with Crippen LogP contribution < -0.4 is 14.8 Å². The molecule has 7 nitrogen and oxygen atoms in total. The van der Waals surface area contributed by atoms with Gasteiger partial charge in [0, 0.05) is 0 Å². The van der Waals surface area contributed by atoms with Crippen molar-refractivity contribution >= 4 is 11.9 Å². The van der Waals surface area contributed by atoms with E-state index < -0.39 is 29.6 Å². The minimum atomic E-state index is -1.02. The van der Waals surface area contributed by atoms with Gasteiger partial charge >= 0.3 is 5.97 Å². The number of para-hydroxylation sites is 2. The first-order valence-electron chi connectivity index (χ1n) is 8.85. The van der Waals surface area contributed by atoms with Gasteiger partial charge in [-0.2, -0.15) is 5.26 Å². The molecule has 138 valence electrons. The Morgan fingerprint density at radius 1 is 1.27 bits per heavy atom. The Morgan fingerprint density at radius 3 is 2.65 bits per heavy atom. The molecule has 0 unspecified atom stereocenters. The molecule has 1 amide bonds. The third-order valence-corrected chi connectivity index (χ3v) is 4.72. The molecule has 2 aliphatic rings. The molecule has 1 saturated carbocycles. The zero-order chi connectivity index (χ0) is 18.6. The second-order valence-corrected chi connectivity index (χ2v) is 6.69. The van der Waals surface area contributed by atoms with Crippen molar-refractivity contribution in [2.45, 2.75) is 56.8 Å². The van der Waals surface area contributed by atoms with Gasteiger partial charge in [-0.25, -0.2) is 4.79 Å². The van der Waals surface area contributed by atoms with Crippen LogP contribution in [0.1, 0.15) is 39.0 Å². The summed E-state index contributed by atoms with van der Waals surface area (Å²) in [5.74, 6) is -0.116. The van der Waals surface area contributed by atoms with Crippen LogP contribution in [0.25, 0.3) is 0 Å². The zero-order valence-corrected chi connectivity index (χ0v) is 14.7. The maximum Gasteiger partial charge on any atom is 0.351 e. The van der Waals surface area contributed by atoms with Crippen molar-refractivity contribution in [1.29, 1.82) is 5.26 Å². The SMILES string of the molecule is C[C@@H](OC(=O)[C@@H]1COc2ccccc2O1)C(=O)NC1(C#N)CCCCC1. The molecule has 1 aromatic rings. The van der Waals surface area contributed by atoms with Gasteiger partial charge in [0.15, 0.2) is 17.6 Å². The fraction of sp³-hybridized carbons (Fsp3) is 0.526. The summed E-state index contributed by atoms with van der Waals surface area (Å²) < 4.78 is 16.3. The van der Waals surface area contributed by atoms with Gasteiger partial charge in [0.05, 0.1) is 6.07 Å². The predicted molar refractivity (Wildman–Crippen MR) is 91.5 cm³/mol. The first-order chi connectivity index (χ1) is 12.5. The Balaban J connectivity index is 1.56. The summed E-state index contributed by atoms with van der Waals surface area (Å²) in [6.45, 7) is 1.51. The molecule has 1 aromatic carbocycles. The molecular weight excluding hydrogens is 336 g/mol. The Kier molecular flexibility index (Phi) is 5.31. The summed E-state index contributed by atoms with van der Waals surface area (Å²) in [4.78, 5) is 24.7. The Hall–Kier alpha value is -2.75. The van der Waals surface area contributed by atoms with Crippen LogP contribution in [0, 0.1) is 11.3 Å². The van der Waals surface area contributed by atoms with Gasteiger partial charge in [-0.1, -0.05) is 31.4 Å². The summed E-state index contributed by atoms with van der Waals surface area (Å²) in [7, 11) is 0. The van der Waals surface area contributed by atoms with E-state index in [0.717, 1.165) is 19.3 Å². The van der Waals surface area contributed by atoms with Crippen molar-refractivity contribution in [1.82, 2.24) is 5.32 Å². The van der Waals surface area contributed by atoms with Crippen LogP contribution in [-0.2, 0) is 14.3 Å². The van der Waals surface area contributed by atoms with E-state index in [9.17, 15) is 14.9 Å². The second kappa shape index (κ2) is 7.65. The Morgan fingerprint density at radius 2 is 1.96 bits per heavy atom. The van der Waals surface area contributed by atoms with Crippen molar-refractivity contribution in [2.75, 3.05) is 6.61 Å². The fourth-order valence-corrected chi connectivity index (χ4v) is 3.20. The van der Waals surface area contributed by atoms with E-state index in [0.29, 0.717) is 24.3 Å². The minimum absolute atomic E-state index is 0.0202. The highest BCUT2D eigenvalue weighted by Gasteiger charge is 2.36. The lowest BCUT2D eigenvalue weighted by Gasteiger charge is -2.32. The van der Waals surface area contributed by atoms with E-state index in [1.807, 2.05) is 6.07 Å². The van der Waals surface area contributed by atoms with Crippen molar-refractivity contribution in [2.24, 2.45) is 0 Å². The van der Waals surface area contributed by atoms with Crippen LogP contribution in [0.15, 0.2) is 24.3 Å².